The maximum absolute atomic E-state index is 8.93. The number of rotatable bonds is 1. The number of hydrogen-bond acceptors (Lipinski definition) is 1. The zero-order chi connectivity index (χ0) is 8.55. The van der Waals surface area contributed by atoms with Crippen molar-refractivity contribution in [2.24, 2.45) is 0 Å². The SMILES string of the molecule is CC1CCc2cc(CO)ccc21. The molecule has 1 aliphatic carbocycles. The van der Waals surface area contributed by atoms with E-state index >= 15 is 0 Å². The van der Waals surface area contributed by atoms with Gasteiger partial charge in [0.2, 0.25) is 0 Å². The van der Waals surface area contributed by atoms with Crippen molar-refractivity contribution < 1.29 is 5.11 Å². The minimum absolute atomic E-state index is 0.168. The number of aryl methyl sites for hydroxylation is 1. The molecule has 1 N–H and O–H groups in total. The average molecular weight is 162 g/mol. The van der Waals surface area contributed by atoms with Crippen LogP contribution < -0.4 is 0 Å². The van der Waals surface area contributed by atoms with E-state index in [1.807, 2.05) is 6.07 Å². The van der Waals surface area contributed by atoms with Crippen LogP contribution in [0.1, 0.15) is 36.0 Å². The lowest BCUT2D eigenvalue weighted by Gasteiger charge is -2.04. The molecule has 0 heterocycles. The van der Waals surface area contributed by atoms with Crippen LogP contribution >= 0.6 is 0 Å². The lowest BCUT2D eigenvalue weighted by atomic mass is 10.0. The van der Waals surface area contributed by atoms with E-state index in [0.717, 1.165) is 5.56 Å². The third kappa shape index (κ3) is 1.14. The highest BCUT2D eigenvalue weighted by Gasteiger charge is 2.17. The zero-order valence-corrected chi connectivity index (χ0v) is 7.38. The van der Waals surface area contributed by atoms with Crippen molar-refractivity contribution >= 4 is 0 Å². The molecule has 12 heavy (non-hydrogen) atoms. The van der Waals surface area contributed by atoms with E-state index in [9.17, 15) is 0 Å². The van der Waals surface area contributed by atoms with Crippen LogP contribution in [0.25, 0.3) is 0 Å². The van der Waals surface area contributed by atoms with E-state index in [-0.39, 0.29) is 6.61 Å². The molecule has 1 aromatic rings. The first kappa shape index (κ1) is 7.81. The molecule has 1 heteroatoms. The number of fused-ring (bicyclic) bond motifs is 1. The molecule has 1 aliphatic rings. The first-order valence-corrected chi connectivity index (χ1v) is 4.54. The molecule has 0 bridgehead atoms. The molecule has 0 fully saturated rings. The molecule has 0 aromatic heterocycles. The maximum atomic E-state index is 8.93. The summed E-state index contributed by atoms with van der Waals surface area (Å²) in [7, 11) is 0. The Morgan fingerprint density at radius 3 is 3.08 bits per heavy atom. The van der Waals surface area contributed by atoms with Gasteiger partial charge in [-0.05, 0) is 35.4 Å². The number of aliphatic hydroxyl groups excluding tert-OH is 1. The summed E-state index contributed by atoms with van der Waals surface area (Å²) in [5, 5.41) is 8.93. The lowest BCUT2D eigenvalue weighted by molar-refractivity contribution is 0.281. The van der Waals surface area contributed by atoms with E-state index in [1.165, 1.54) is 24.0 Å². The van der Waals surface area contributed by atoms with Crippen molar-refractivity contribution in [2.75, 3.05) is 0 Å². The van der Waals surface area contributed by atoms with Crippen LogP contribution in [0.2, 0.25) is 0 Å². The normalized spacial score (nSPS) is 21.0. The van der Waals surface area contributed by atoms with Crippen molar-refractivity contribution in [1.82, 2.24) is 0 Å². The van der Waals surface area contributed by atoms with E-state index in [0.29, 0.717) is 5.92 Å². The minimum Gasteiger partial charge on any atom is -0.392 e. The summed E-state index contributed by atoms with van der Waals surface area (Å²) in [6.07, 6.45) is 2.45. The Labute approximate surface area is 73.0 Å². The molecular formula is C11H14O. The molecule has 0 saturated carbocycles. The molecule has 1 atom stereocenters. The second-order valence-electron chi connectivity index (χ2n) is 3.63. The Morgan fingerprint density at radius 1 is 1.50 bits per heavy atom. The van der Waals surface area contributed by atoms with Crippen molar-refractivity contribution in [3.63, 3.8) is 0 Å². The van der Waals surface area contributed by atoms with Gasteiger partial charge < -0.3 is 5.11 Å². The largest absolute Gasteiger partial charge is 0.392 e. The van der Waals surface area contributed by atoms with Crippen molar-refractivity contribution in [3.05, 3.63) is 34.9 Å². The van der Waals surface area contributed by atoms with Gasteiger partial charge in [-0.1, -0.05) is 25.1 Å². The second-order valence-corrected chi connectivity index (χ2v) is 3.63. The second kappa shape index (κ2) is 2.91. The van der Waals surface area contributed by atoms with E-state index in [2.05, 4.69) is 19.1 Å². The number of aliphatic hydroxyl groups is 1. The predicted octanol–water partition coefficient (Wildman–Crippen LogP) is 2.23. The summed E-state index contributed by atoms with van der Waals surface area (Å²) < 4.78 is 0. The summed E-state index contributed by atoms with van der Waals surface area (Å²) in [4.78, 5) is 0. The highest BCUT2D eigenvalue weighted by atomic mass is 16.3. The van der Waals surface area contributed by atoms with Gasteiger partial charge in [0.15, 0.2) is 0 Å². The van der Waals surface area contributed by atoms with Crippen LogP contribution in [0, 0.1) is 0 Å². The molecule has 0 aliphatic heterocycles. The summed E-state index contributed by atoms with van der Waals surface area (Å²) in [5.74, 6) is 0.716. The first-order valence-electron chi connectivity index (χ1n) is 4.54. The Bertz CT molecular complexity index is 291. The Kier molecular flexibility index (Phi) is 1.89. The van der Waals surface area contributed by atoms with Crippen molar-refractivity contribution in [1.29, 1.82) is 0 Å². The summed E-state index contributed by atoms with van der Waals surface area (Å²) in [6, 6.07) is 6.33. The van der Waals surface area contributed by atoms with Crippen LogP contribution in [0.4, 0.5) is 0 Å². The van der Waals surface area contributed by atoms with E-state index in [4.69, 9.17) is 5.11 Å². The Morgan fingerprint density at radius 2 is 2.33 bits per heavy atom. The Hall–Kier alpha value is -0.820. The fourth-order valence-corrected chi connectivity index (χ4v) is 1.98. The van der Waals surface area contributed by atoms with Crippen LogP contribution in [0.15, 0.2) is 18.2 Å². The van der Waals surface area contributed by atoms with Gasteiger partial charge in [0.05, 0.1) is 6.61 Å². The van der Waals surface area contributed by atoms with Crippen molar-refractivity contribution in [2.45, 2.75) is 32.3 Å². The third-order valence-corrected chi connectivity index (χ3v) is 2.77. The predicted molar refractivity (Wildman–Crippen MR) is 49.1 cm³/mol. The topological polar surface area (TPSA) is 20.2 Å². The van der Waals surface area contributed by atoms with Gasteiger partial charge >= 0.3 is 0 Å². The van der Waals surface area contributed by atoms with Gasteiger partial charge in [0, 0.05) is 0 Å². The monoisotopic (exact) mass is 162 g/mol. The molecule has 1 unspecified atom stereocenters. The van der Waals surface area contributed by atoms with E-state index < -0.39 is 0 Å². The molecular weight excluding hydrogens is 148 g/mol. The van der Waals surface area contributed by atoms with Crippen molar-refractivity contribution in [3.8, 4) is 0 Å². The molecule has 64 valence electrons. The fourth-order valence-electron chi connectivity index (χ4n) is 1.98. The molecule has 0 saturated heterocycles. The first-order chi connectivity index (χ1) is 5.81. The van der Waals surface area contributed by atoms with Gasteiger partial charge in [-0.2, -0.15) is 0 Å². The average Bonchev–Trinajstić information content (AvgIpc) is 2.47. The quantitative estimate of drug-likeness (QED) is 0.671. The molecule has 0 amide bonds. The fraction of sp³-hybridized carbons (Fsp3) is 0.455. The standard InChI is InChI=1S/C11H14O/c1-8-2-4-10-6-9(7-12)3-5-11(8)10/h3,5-6,8,12H,2,4,7H2,1H3. The number of benzene rings is 1. The van der Waals surface area contributed by atoms with Crippen LogP contribution in [0.5, 0.6) is 0 Å². The minimum atomic E-state index is 0.168. The smallest absolute Gasteiger partial charge is 0.0681 e. The van der Waals surface area contributed by atoms with Crippen LogP contribution in [-0.2, 0) is 13.0 Å². The molecule has 1 nitrogen and oxygen atoms in total. The zero-order valence-electron chi connectivity index (χ0n) is 7.38. The summed E-state index contributed by atoms with van der Waals surface area (Å²) in [5.41, 5.74) is 3.96. The third-order valence-electron chi connectivity index (χ3n) is 2.77. The highest BCUT2D eigenvalue weighted by molar-refractivity contribution is 5.37. The van der Waals surface area contributed by atoms with Crippen LogP contribution in [-0.4, -0.2) is 5.11 Å². The molecule has 0 radical (unpaired) electrons. The molecule has 2 rings (SSSR count). The molecule has 1 aromatic carbocycles. The Balaban J connectivity index is 2.41. The van der Waals surface area contributed by atoms with Crippen LogP contribution in [0.3, 0.4) is 0 Å². The van der Waals surface area contributed by atoms with E-state index in [1.54, 1.807) is 0 Å². The van der Waals surface area contributed by atoms with Gasteiger partial charge in [0.1, 0.15) is 0 Å². The van der Waals surface area contributed by atoms with Gasteiger partial charge in [-0.15, -0.1) is 0 Å². The lowest BCUT2D eigenvalue weighted by Crippen LogP contribution is -1.89. The molecule has 0 spiro atoms. The summed E-state index contributed by atoms with van der Waals surface area (Å²) in [6.45, 7) is 2.44. The van der Waals surface area contributed by atoms with Gasteiger partial charge in [0.25, 0.3) is 0 Å². The van der Waals surface area contributed by atoms with Gasteiger partial charge in [-0.25, -0.2) is 0 Å². The highest BCUT2D eigenvalue weighted by Crippen LogP contribution is 2.32. The maximum Gasteiger partial charge on any atom is 0.0681 e. The van der Waals surface area contributed by atoms with Gasteiger partial charge in [-0.3, -0.25) is 0 Å². The number of hydrogen-bond donors (Lipinski definition) is 1. The summed E-state index contributed by atoms with van der Waals surface area (Å²) >= 11 is 0.